The number of fused-ring (bicyclic) bond motifs is 1. The lowest BCUT2D eigenvalue weighted by Crippen LogP contribution is -2.12. The zero-order valence-electron chi connectivity index (χ0n) is 11.6. The van der Waals surface area contributed by atoms with Crippen LogP contribution in [0.25, 0.3) is 10.8 Å². The average Bonchev–Trinajstić information content (AvgIpc) is 2.46. The minimum atomic E-state index is -0.177. The third-order valence-electron chi connectivity index (χ3n) is 3.66. The molecule has 1 unspecified atom stereocenters. The van der Waals surface area contributed by atoms with E-state index in [0.717, 1.165) is 31.4 Å². The van der Waals surface area contributed by atoms with Crippen molar-refractivity contribution in [2.45, 2.75) is 13.0 Å². The van der Waals surface area contributed by atoms with E-state index in [0.29, 0.717) is 0 Å². The quantitative estimate of drug-likeness (QED) is 0.631. The summed E-state index contributed by atoms with van der Waals surface area (Å²) in [6.07, 6.45) is 0. The lowest BCUT2D eigenvalue weighted by Gasteiger charge is -2.17. The summed E-state index contributed by atoms with van der Waals surface area (Å²) < 4.78 is 1.05. The molecule has 21 heavy (non-hydrogen) atoms. The Morgan fingerprint density at radius 3 is 2.43 bits per heavy atom. The second kappa shape index (κ2) is 5.80. The number of hydrogen-bond acceptors (Lipinski definition) is 1. The SMILES string of the molecule is Cc1cc(Br)cc(C(N)c2ccc(Cl)c3ccccc23)c1. The Morgan fingerprint density at radius 1 is 1.00 bits per heavy atom. The van der Waals surface area contributed by atoms with Crippen molar-refractivity contribution < 1.29 is 0 Å². The molecule has 2 N–H and O–H groups in total. The Bertz CT molecular complexity index is 793. The van der Waals surface area contributed by atoms with Crippen LogP contribution in [0.4, 0.5) is 0 Å². The first kappa shape index (κ1) is 14.6. The second-order valence-corrected chi connectivity index (χ2v) is 6.54. The van der Waals surface area contributed by atoms with Crippen LogP contribution in [0.2, 0.25) is 5.02 Å². The summed E-state index contributed by atoms with van der Waals surface area (Å²) >= 11 is 9.82. The first-order chi connectivity index (χ1) is 10.1. The molecular weight excluding hydrogens is 346 g/mol. The minimum absolute atomic E-state index is 0.177. The Kier molecular flexibility index (Phi) is 4.03. The van der Waals surface area contributed by atoms with Gasteiger partial charge in [0, 0.05) is 14.9 Å². The Labute approximate surface area is 137 Å². The predicted octanol–water partition coefficient (Wildman–Crippen LogP) is 5.61. The van der Waals surface area contributed by atoms with Crippen molar-refractivity contribution in [1.82, 2.24) is 0 Å². The molecule has 0 bridgehead atoms. The zero-order chi connectivity index (χ0) is 15.0. The number of aryl methyl sites for hydroxylation is 1. The number of benzene rings is 3. The monoisotopic (exact) mass is 359 g/mol. The second-order valence-electron chi connectivity index (χ2n) is 5.22. The molecule has 0 amide bonds. The van der Waals surface area contributed by atoms with Gasteiger partial charge in [-0.1, -0.05) is 63.9 Å². The highest BCUT2D eigenvalue weighted by atomic mass is 79.9. The van der Waals surface area contributed by atoms with Gasteiger partial charge in [-0.05, 0) is 47.2 Å². The van der Waals surface area contributed by atoms with Crippen molar-refractivity contribution in [2.75, 3.05) is 0 Å². The molecule has 3 aromatic carbocycles. The van der Waals surface area contributed by atoms with E-state index in [-0.39, 0.29) is 6.04 Å². The third-order valence-corrected chi connectivity index (χ3v) is 4.45. The lowest BCUT2D eigenvalue weighted by molar-refractivity contribution is 0.878. The third kappa shape index (κ3) is 2.84. The van der Waals surface area contributed by atoms with E-state index < -0.39 is 0 Å². The largest absolute Gasteiger partial charge is 0.320 e. The molecule has 0 aliphatic heterocycles. The Hall–Kier alpha value is -1.35. The van der Waals surface area contributed by atoms with Crippen molar-refractivity contribution >= 4 is 38.3 Å². The molecule has 0 fully saturated rings. The maximum Gasteiger partial charge on any atom is 0.0558 e. The summed E-state index contributed by atoms with van der Waals surface area (Å²) in [4.78, 5) is 0. The van der Waals surface area contributed by atoms with E-state index >= 15 is 0 Å². The van der Waals surface area contributed by atoms with Gasteiger partial charge in [-0.25, -0.2) is 0 Å². The number of nitrogens with two attached hydrogens (primary N) is 1. The summed E-state index contributed by atoms with van der Waals surface area (Å²) in [5, 5.41) is 2.90. The molecule has 1 atom stereocenters. The molecule has 3 rings (SSSR count). The minimum Gasteiger partial charge on any atom is -0.320 e. The van der Waals surface area contributed by atoms with E-state index in [4.69, 9.17) is 17.3 Å². The smallest absolute Gasteiger partial charge is 0.0558 e. The molecule has 0 spiro atoms. The summed E-state index contributed by atoms with van der Waals surface area (Å²) in [5.41, 5.74) is 9.88. The molecular formula is C18H15BrClN. The van der Waals surface area contributed by atoms with Crippen LogP contribution in [0.5, 0.6) is 0 Å². The maximum atomic E-state index is 6.51. The summed E-state index contributed by atoms with van der Waals surface area (Å²) in [6, 6.07) is 18.1. The summed E-state index contributed by atoms with van der Waals surface area (Å²) in [5.74, 6) is 0. The molecule has 0 saturated heterocycles. The van der Waals surface area contributed by atoms with Crippen LogP contribution in [0, 0.1) is 6.92 Å². The molecule has 1 nitrogen and oxygen atoms in total. The lowest BCUT2D eigenvalue weighted by atomic mass is 9.93. The van der Waals surface area contributed by atoms with Gasteiger partial charge in [-0.3, -0.25) is 0 Å². The van der Waals surface area contributed by atoms with E-state index in [1.54, 1.807) is 0 Å². The number of rotatable bonds is 2. The summed E-state index contributed by atoms with van der Waals surface area (Å²) in [7, 11) is 0. The standard InChI is InChI=1S/C18H15BrClN/c1-11-8-12(10-13(19)9-11)18(21)16-6-7-17(20)15-5-3-2-4-14(15)16/h2-10,18H,21H2,1H3. The molecule has 0 aliphatic rings. The van der Waals surface area contributed by atoms with Crippen molar-refractivity contribution in [3.05, 3.63) is 80.8 Å². The Balaban J connectivity index is 2.18. The first-order valence-corrected chi connectivity index (χ1v) is 7.93. The van der Waals surface area contributed by atoms with Gasteiger partial charge in [-0.15, -0.1) is 0 Å². The first-order valence-electron chi connectivity index (χ1n) is 6.76. The maximum absolute atomic E-state index is 6.51. The highest BCUT2D eigenvalue weighted by molar-refractivity contribution is 9.10. The molecule has 0 saturated carbocycles. The fourth-order valence-corrected chi connectivity index (χ4v) is 3.53. The molecule has 0 aliphatic carbocycles. The van der Waals surface area contributed by atoms with Crippen molar-refractivity contribution in [2.24, 2.45) is 5.73 Å². The van der Waals surface area contributed by atoms with Crippen molar-refractivity contribution in [1.29, 1.82) is 0 Å². The topological polar surface area (TPSA) is 26.0 Å². The van der Waals surface area contributed by atoms with E-state index in [1.165, 1.54) is 5.56 Å². The van der Waals surface area contributed by atoms with E-state index in [2.05, 4.69) is 47.1 Å². The molecule has 0 radical (unpaired) electrons. The van der Waals surface area contributed by atoms with Crippen molar-refractivity contribution in [3.63, 3.8) is 0 Å². The van der Waals surface area contributed by atoms with E-state index in [9.17, 15) is 0 Å². The van der Waals surface area contributed by atoms with Gasteiger partial charge in [0.25, 0.3) is 0 Å². The van der Waals surface area contributed by atoms with Crippen LogP contribution in [0.1, 0.15) is 22.7 Å². The summed E-state index contributed by atoms with van der Waals surface area (Å²) in [6.45, 7) is 2.07. The van der Waals surface area contributed by atoms with Gasteiger partial charge in [0.15, 0.2) is 0 Å². The van der Waals surface area contributed by atoms with Crippen LogP contribution in [-0.2, 0) is 0 Å². The van der Waals surface area contributed by atoms with Gasteiger partial charge in [0.2, 0.25) is 0 Å². The van der Waals surface area contributed by atoms with Crippen LogP contribution >= 0.6 is 27.5 Å². The molecule has 0 heterocycles. The van der Waals surface area contributed by atoms with Gasteiger partial charge in [-0.2, -0.15) is 0 Å². The predicted molar refractivity (Wildman–Crippen MR) is 93.9 cm³/mol. The normalized spacial score (nSPS) is 12.6. The van der Waals surface area contributed by atoms with Gasteiger partial charge >= 0.3 is 0 Å². The fraction of sp³-hybridized carbons (Fsp3) is 0.111. The van der Waals surface area contributed by atoms with Crippen molar-refractivity contribution in [3.8, 4) is 0 Å². The Morgan fingerprint density at radius 2 is 1.71 bits per heavy atom. The average molecular weight is 361 g/mol. The van der Waals surface area contributed by atoms with Crippen LogP contribution < -0.4 is 5.73 Å². The highest BCUT2D eigenvalue weighted by Crippen LogP contribution is 2.32. The molecule has 0 aromatic heterocycles. The molecule has 3 heteroatoms. The number of hydrogen-bond donors (Lipinski definition) is 1. The van der Waals surface area contributed by atoms with E-state index in [1.807, 2.05) is 30.3 Å². The van der Waals surface area contributed by atoms with Gasteiger partial charge in [0.05, 0.1) is 6.04 Å². The van der Waals surface area contributed by atoms with Crippen LogP contribution in [-0.4, -0.2) is 0 Å². The van der Waals surface area contributed by atoms with Crippen LogP contribution in [0.15, 0.2) is 59.1 Å². The van der Waals surface area contributed by atoms with Gasteiger partial charge < -0.3 is 5.73 Å². The highest BCUT2D eigenvalue weighted by Gasteiger charge is 2.14. The molecule has 106 valence electrons. The van der Waals surface area contributed by atoms with Crippen LogP contribution in [0.3, 0.4) is 0 Å². The number of halogens is 2. The molecule has 3 aromatic rings. The van der Waals surface area contributed by atoms with Gasteiger partial charge in [0.1, 0.15) is 0 Å². The zero-order valence-corrected chi connectivity index (χ0v) is 13.9. The fourth-order valence-electron chi connectivity index (χ4n) is 2.68.